The summed E-state index contributed by atoms with van der Waals surface area (Å²) < 4.78 is 23.4. The molecular formula is C16H22FNO5. The van der Waals surface area contributed by atoms with Crippen molar-refractivity contribution in [2.75, 3.05) is 26.4 Å². The van der Waals surface area contributed by atoms with E-state index in [-0.39, 0.29) is 13.2 Å². The topological polar surface area (TPSA) is 76.1 Å². The van der Waals surface area contributed by atoms with Crippen LogP contribution >= 0.6 is 0 Å². The van der Waals surface area contributed by atoms with E-state index in [0.717, 1.165) is 0 Å². The predicted molar refractivity (Wildman–Crippen MR) is 81.4 cm³/mol. The van der Waals surface area contributed by atoms with Gasteiger partial charge in [0, 0.05) is 13.2 Å². The summed E-state index contributed by atoms with van der Waals surface area (Å²) in [6.07, 6.45) is -0.782. The van der Waals surface area contributed by atoms with E-state index in [2.05, 4.69) is 0 Å². The maximum atomic E-state index is 12.9. The van der Waals surface area contributed by atoms with E-state index in [0.29, 0.717) is 18.8 Å². The summed E-state index contributed by atoms with van der Waals surface area (Å²) in [6, 6.07) is 5.55. The molecule has 0 aromatic heterocycles. The van der Waals surface area contributed by atoms with E-state index in [4.69, 9.17) is 14.6 Å². The Bertz CT molecular complexity index is 506. The van der Waals surface area contributed by atoms with E-state index in [1.54, 1.807) is 6.92 Å². The average Bonchev–Trinajstić information content (AvgIpc) is 2.51. The first-order valence-electron chi connectivity index (χ1n) is 7.38. The van der Waals surface area contributed by atoms with Crippen LogP contribution in [0.3, 0.4) is 0 Å². The van der Waals surface area contributed by atoms with Crippen LogP contribution in [0.2, 0.25) is 0 Å². The van der Waals surface area contributed by atoms with Crippen molar-refractivity contribution < 1.29 is 28.6 Å². The minimum Gasteiger partial charge on any atom is -0.480 e. The minimum absolute atomic E-state index is 0.0740. The number of ether oxygens (including phenoxy) is 2. The van der Waals surface area contributed by atoms with Crippen LogP contribution in [0.25, 0.3) is 0 Å². The molecule has 0 bridgehead atoms. The van der Waals surface area contributed by atoms with E-state index >= 15 is 0 Å². The molecule has 0 heterocycles. The van der Waals surface area contributed by atoms with Crippen molar-refractivity contribution in [2.24, 2.45) is 0 Å². The van der Waals surface area contributed by atoms with E-state index in [9.17, 15) is 14.0 Å². The number of rotatable bonds is 10. The van der Waals surface area contributed by atoms with Gasteiger partial charge in [0.2, 0.25) is 0 Å². The third-order valence-electron chi connectivity index (χ3n) is 3.07. The zero-order valence-electron chi connectivity index (χ0n) is 13.3. The Morgan fingerprint density at radius 3 is 2.48 bits per heavy atom. The van der Waals surface area contributed by atoms with E-state index in [1.807, 2.05) is 6.92 Å². The lowest BCUT2D eigenvalue weighted by molar-refractivity contribution is -0.151. The fourth-order valence-electron chi connectivity index (χ4n) is 1.94. The van der Waals surface area contributed by atoms with Gasteiger partial charge in [0.1, 0.15) is 18.5 Å². The second kappa shape index (κ2) is 9.91. The van der Waals surface area contributed by atoms with Crippen LogP contribution in [-0.4, -0.2) is 54.4 Å². The number of nitrogens with zero attached hydrogens (tertiary/aromatic N) is 1. The lowest BCUT2D eigenvalue weighted by Gasteiger charge is -2.24. The van der Waals surface area contributed by atoms with Crippen molar-refractivity contribution >= 4 is 11.9 Å². The Morgan fingerprint density at radius 1 is 1.26 bits per heavy atom. The maximum Gasteiger partial charge on any atom is 0.323 e. The van der Waals surface area contributed by atoms with Crippen molar-refractivity contribution in [1.82, 2.24) is 4.90 Å². The van der Waals surface area contributed by atoms with Gasteiger partial charge in [-0.3, -0.25) is 9.59 Å². The number of carboxylic acid groups (broad SMARTS) is 1. The molecule has 0 fully saturated rings. The van der Waals surface area contributed by atoms with Gasteiger partial charge in [-0.1, -0.05) is 12.1 Å². The van der Waals surface area contributed by atoms with Crippen LogP contribution in [0.15, 0.2) is 24.3 Å². The molecule has 0 aliphatic heterocycles. The molecule has 0 aliphatic rings. The fourth-order valence-corrected chi connectivity index (χ4v) is 1.94. The highest BCUT2D eigenvalue weighted by Gasteiger charge is 2.23. The van der Waals surface area contributed by atoms with Gasteiger partial charge < -0.3 is 19.5 Å². The number of carboxylic acids is 1. The Labute approximate surface area is 134 Å². The number of amides is 1. The minimum atomic E-state index is -1.12. The summed E-state index contributed by atoms with van der Waals surface area (Å²) in [4.78, 5) is 24.5. The third kappa shape index (κ3) is 7.21. The Morgan fingerprint density at radius 2 is 1.91 bits per heavy atom. The van der Waals surface area contributed by atoms with Gasteiger partial charge in [-0.2, -0.15) is 0 Å². The summed E-state index contributed by atoms with van der Waals surface area (Å²) in [6.45, 7) is 4.21. The van der Waals surface area contributed by atoms with Crippen molar-refractivity contribution in [3.8, 4) is 0 Å². The molecule has 23 heavy (non-hydrogen) atoms. The first kappa shape index (κ1) is 19.1. The number of hydrogen-bond acceptors (Lipinski definition) is 4. The van der Waals surface area contributed by atoms with Crippen LogP contribution < -0.4 is 0 Å². The fraction of sp³-hybridized carbons (Fsp3) is 0.500. The lowest BCUT2D eigenvalue weighted by Crippen LogP contribution is -2.41. The largest absolute Gasteiger partial charge is 0.480 e. The number of carbonyl (C=O) groups is 2. The Hall–Kier alpha value is -1.99. The quantitative estimate of drug-likeness (QED) is 0.662. The van der Waals surface area contributed by atoms with E-state index < -0.39 is 30.3 Å². The Kier molecular flexibility index (Phi) is 8.21. The van der Waals surface area contributed by atoms with Crippen LogP contribution in [0.1, 0.15) is 19.4 Å². The summed E-state index contributed by atoms with van der Waals surface area (Å²) >= 11 is 0. The summed E-state index contributed by atoms with van der Waals surface area (Å²) in [5, 5.41) is 8.97. The summed E-state index contributed by atoms with van der Waals surface area (Å²) in [5.41, 5.74) is 0.641. The molecule has 1 amide bonds. The second-order valence-corrected chi connectivity index (χ2v) is 4.92. The van der Waals surface area contributed by atoms with Gasteiger partial charge in [0.15, 0.2) is 0 Å². The molecule has 128 valence electrons. The van der Waals surface area contributed by atoms with Crippen LogP contribution in [0.5, 0.6) is 0 Å². The molecule has 1 rings (SSSR count). The highest BCUT2D eigenvalue weighted by molar-refractivity contribution is 5.84. The number of benzene rings is 1. The van der Waals surface area contributed by atoms with Crippen LogP contribution in [0.4, 0.5) is 4.39 Å². The van der Waals surface area contributed by atoms with Crippen molar-refractivity contribution in [3.63, 3.8) is 0 Å². The lowest BCUT2D eigenvalue weighted by atomic mass is 10.2. The molecule has 7 heteroatoms. The number of hydrogen-bond donors (Lipinski definition) is 1. The number of carbonyl (C=O) groups excluding carboxylic acids is 1. The van der Waals surface area contributed by atoms with Crippen molar-refractivity contribution in [3.05, 3.63) is 35.6 Å². The molecule has 1 atom stereocenters. The maximum absolute atomic E-state index is 12.9. The number of halogens is 1. The number of aliphatic carboxylic acids is 1. The Balaban J connectivity index is 2.66. The van der Waals surface area contributed by atoms with Gasteiger partial charge in [0.05, 0.1) is 13.2 Å². The third-order valence-corrected chi connectivity index (χ3v) is 3.07. The summed E-state index contributed by atoms with van der Waals surface area (Å²) in [5.74, 6) is -1.95. The molecule has 0 radical (unpaired) electrons. The van der Waals surface area contributed by atoms with Crippen molar-refractivity contribution in [1.29, 1.82) is 0 Å². The summed E-state index contributed by atoms with van der Waals surface area (Å²) in [7, 11) is 0. The molecule has 0 spiro atoms. The normalized spacial score (nSPS) is 12.0. The average molecular weight is 327 g/mol. The van der Waals surface area contributed by atoms with Crippen LogP contribution in [0, 0.1) is 5.82 Å². The smallest absolute Gasteiger partial charge is 0.323 e. The van der Waals surface area contributed by atoms with Gasteiger partial charge in [-0.05, 0) is 31.5 Å². The standard InChI is InChI=1S/C16H22FNO5/c1-3-22-8-9-23-12(2)16(21)18(11-15(19)20)10-13-4-6-14(17)7-5-13/h4-7,12H,3,8-11H2,1-2H3,(H,19,20). The van der Waals surface area contributed by atoms with Crippen molar-refractivity contribution in [2.45, 2.75) is 26.5 Å². The van der Waals surface area contributed by atoms with E-state index in [1.165, 1.54) is 29.2 Å². The SMILES string of the molecule is CCOCCOC(C)C(=O)N(CC(=O)O)Cc1ccc(F)cc1. The molecule has 1 N–H and O–H groups in total. The second-order valence-electron chi connectivity index (χ2n) is 4.92. The van der Waals surface area contributed by atoms with Gasteiger partial charge in [-0.25, -0.2) is 4.39 Å². The van der Waals surface area contributed by atoms with Gasteiger partial charge in [0.25, 0.3) is 5.91 Å². The molecule has 0 aliphatic carbocycles. The molecule has 6 nitrogen and oxygen atoms in total. The highest BCUT2D eigenvalue weighted by atomic mass is 19.1. The molecule has 1 aromatic carbocycles. The predicted octanol–water partition coefficient (Wildman–Crippen LogP) is 1.68. The molecule has 1 aromatic rings. The first-order chi connectivity index (χ1) is 10.9. The van der Waals surface area contributed by atoms with Gasteiger partial charge in [-0.15, -0.1) is 0 Å². The molecule has 0 saturated heterocycles. The zero-order chi connectivity index (χ0) is 17.2. The van der Waals surface area contributed by atoms with Crippen LogP contribution in [-0.2, 0) is 25.6 Å². The molecule has 0 saturated carbocycles. The molecular weight excluding hydrogens is 305 g/mol. The van der Waals surface area contributed by atoms with Gasteiger partial charge >= 0.3 is 5.97 Å². The first-order valence-corrected chi connectivity index (χ1v) is 7.38. The highest BCUT2D eigenvalue weighted by Crippen LogP contribution is 2.09. The monoisotopic (exact) mass is 327 g/mol. The molecule has 1 unspecified atom stereocenters. The zero-order valence-corrected chi connectivity index (χ0v) is 13.3.